The zero-order chi connectivity index (χ0) is 20.3. The summed E-state index contributed by atoms with van der Waals surface area (Å²) in [7, 11) is -3.42. The highest BCUT2D eigenvalue weighted by Crippen LogP contribution is 2.26. The number of carbonyl (C=O) groups is 1. The highest BCUT2D eigenvalue weighted by atomic mass is 32.2. The fourth-order valence-corrected chi connectivity index (χ4v) is 6.58. The van der Waals surface area contributed by atoms with E-state index in [0.29, 0.717) is 10.9 Å². The molecule has 29 heavy (non-hydrogen) atoms. The van der Waals surface area contributed by atoms with Gasteiger partial charge in [0.1, 0.15) is 0 Å². The van der Waals surface area contributed by atoms with Gasteiger partial charge in [0.25, 0.3) is 0 Å². The molecule has 2 fully saturated rings. The van der Waals surface area contributed by atoms with Crippen molar-refractivity contribution in [1.82, 2.24) is 10.2 Å². The third-order valence-corrected chi connectivity index (χ3v) is 8.65. The Morgan fingerprint density at radius 1 is 1.00 bits per heavy atom. The van der Waals surface area contributed by atoms with Crippen molar-refractivity contribution in [3.8, 4) is 0 Å². The van der Waals surface area contributed by atoms with Crippen molar-refractivity contribution in [2.45, 2.75) is 87.6 Å². The molecule has 2 aliphatic carbocycles. The van der Waals surface area contributed by atoms with Gasteiger partial charge in [-0.15, -0.1) is 0 Å². The molecule has 1 amide bonds. The number of likely N-dealkylation sites (tertiary alicyclic amines) is 1. The van der Waals surface area contributed by atoms with E-state index in [4.69, 9.17) is 0 Å². The van der Waals surface area contributed by atoms with Gasteiger partial charge in [-0.1, -0.05) is 25.3 Å². The van der Waals surface area contributed by atoms with E-state index in [1.54, 1.807) is 6.07 Å². The highest BCUT2D eigenvalue weighted by Gasteiger charge is 2.28. The first-order valence-electron chi connectivity index (χ1n) is 11.4. The minimum absolute atomic E-state index is 0.0410. The summed E-state index contributed by atoms with van der Waals surface area (Å²) in [4.78, 5) is 15.4. The summed E-state index contributed by atoms with van der Waals surface area (Å²) in [6.07, 6.45) is 11.8. The quantitative estimate of drug-likeness (QED) is 0.770. The molecule has 1 aliphatic heterocycles. The first-order chi connectivity index (χ1) is 14.0. The minimum Gasteiger partial charge on any atom is -0.352 e. The maximum atomic E-state index is 12.7. The number of benzene rings is 1. The summed E-state index contributed by atoms with van der Waals surface area (Å²) >= 11 is 0. The number of hydrogen-bond donors (Lipinski definition) is 1. The number of nitrogens with one attached hydrogen (secondary N) is 1. The smallest absolute Gasteiger partial charge is 0.221 e. The highest BCUT2D eigenvalue weighted by molar-refractivity contribution is 7.91. The number of carbonyl (C=O) groups excluding carboxylic acids is 1. The minimum atomic E-state index is -3.42. The van der Waals surface area contributed by atoms with Gasteiger partial charge in [0.15, 0.2) is 9.84 Å². The van der Waals surface area contributed by atoms with E-state index in [9.17, 15) is 13.2 Å². The largest absolute Gasteiger partial charge is 0.352 e. The maximum absolute atomic E-state index is 12.7. The summed E-state index contributed by atoms with van der Waals surface area (Å²) in [6, 6.07) is 6.29. The Kier molecular flexibility index (Phi) is 6.60. The van der Waals surface area contributed by atoms with Crippen molar-refractivity contribution < 1.29 is 13.2 Å². The number of aryl methyl sites for hydroxylation is 2. The zero-order valence-electron chi connectivity index (χ0n) is 17.4. The van der Waals surface area contributed by atoms with E-state index in [1.807, 2.05) is 12.1 Å². The Hall–Kier alpha value is -1.40. The van der Waals surface area contributed by atoms with Crippen LogP contribution in [0.2, 0.25) is 0 Å². The van der Waals surface area contributed by atoms with Gasteiger partial charge >= 0.3 is 0 Å². The summed E-state index contributed by atoms with van der Waals surface area (Å²) in [5.41, 5.74) is 2.42. The van der Waals surface area contributed by atoms with Crippen LogP contribution in [-0.2, 0) is 27.5 Å². The van der Waals surface area contributed by atoms with Crippen LogP contribution in [-0.4, -0.2) is 50.2 Å². The van der Waals surface area contributed by atoms with Gasteiger partial charge in [-0.25, -0.2) is 8.42 Å². The van der Waals surface area contributed by atoms with Crippen LogP contribution in [0.15, 0.2) is 23.1 Å². The second-order valence-corrected chi connectivity index (χ2v) is 11.2. The lowest BCUT2D eigenvalue weighted by Gasteiger charge is -2.40. The van der Waals surface area contributed by atoms with Gasteiger partial charge in [0, 0.05) is 25.0 Å². The second kappa shape index (κ2) is 9.17. The third kappa shape index (κ3) is 5.21. The predicted molar refractivity (Wildman–Crippen MR) is 115 cm³/mol. The average molecular weight is 419 g/mol. The Bertz CT molecular complexity index is 831. The molecular weight excluding hydrogens is 384 g/mol. The SMILES string of the molecule is O=C(CCS(=O)(=O)c1ccc2c(c1)CCC2)NC1CCCN(C2CCCCC2)C1. The molecule has 0 radical (unpaired) electrons. The van der Waals surface area contributed by atoms with Crippen LogP contribution in [0, 0.1) is 0 Å². The van der Waals surface area contributed by atoms with E-state index in [-0.39, 0.29) is 24.1 Å². The second-order valence-electron chi connectivity index (χ2n) is 9.05. The number of rotatable bonds is 6. The van der Waals surface area contributed by atoms with Gasteiger partial charge < -0.3 is 5.32 Å². The van der Waals surface area contributed by atoms with Gasteiger partial charge in [0.2, 0.25) is 5.91 Å². The molecule has 0 bridgehead atoms. The molecule has 1 saturated carbocycles. The average Bonchev–Trinajstić information content (AvgIpc) is 3.21. The number of amides is 1. The molecule has 1 unspecified atom stereocenters. The molecule has 1 saturated heterocycles. The standard InChI is InChI=1S/C23H34N2O3S/c26-23(24-20-8-5-14-25(17-20)21-9-2-1-3-10-21)13-15-29(27,28)22-12-11-18-6-4-7-19(18)16-22/h11-12,16,20-21H,1-10,13-15,17H2,(H,24,26). The Morgan fingerprint density at radius 2 is 1.79 bits per heavy atom. The van der Waals surface area contributed by atoms with Crippen LogP contribution in [0.25, 0.3) is 0 Å². The van der Waals surface area contributed by atoms with E-state index >= 15 is 0 Å². The summed E-state index contributed by atoms with van der Waals surface area (Å²) < 4.78 is 25.4. The Morgan fingerprint density at radius 3 is 2.62 bits per heavy atom. The molecule has 160 valence electrons. The van der Waals surface area contributed by atoms with E-state index in [1.165, 1.54) is 37.7 Å². The number of piperidine rings is 1. The zero-order valence-corrected chi connectivity index (χ0v) is 18.2. The fourth-order valence-electron chi connectivity index (χ4n) is 5.29. The van der Waals surface area contributed by atoms with Crippen LogP contribution >= 0.6 is 0 Å². The molecule has 1 N–H and O–H groups in total. The van der Waals surface area contributed by atoms with E-state index < -0.39 is 9.84 Å². The van der Waals surface area contributed by atoms with E-state index in [0.717, 1.165) is 50.8 Å². The maximum Gasteiger partial charge on any atom is 0.221 e. The van der Waals surface area contributed by atoms with Crippen molar-refractivity contribution in [3.05, 3.63) is 29.3 Å². The van der Waals surface area contributed by atoms with Gasteiger partial charge in [-0.05, 0) is 74.8 Å². The lowest BCUT2D eigenvalue weighted by molar-refractivity contribution is -0.121. The van der Waals surface area contributed by atoms with Crippen LogP contribution in [0.3, 0.4) is 0 Å². The molecule has 1 atom stereocenters. The molecule has 0 aromatic heterocycles. The van der Waals surface area contributed by atoms with Crippen molar-refractivity contribution in [2.24, 2.45) is 0 Å². The normalized spacial score (nSPS) is 23.7. The van der Waals surface area contributed by atoms with Crippen molar-refractivity contribution in [1.29, 1.82) is 0 Å². The van der Waals surface area contributed by atoms with E-state index in [2.05, 4.69) is 10.2 Å². The van der Waals surface area contributed by atoms with Crippen LogP contribution in [0.4, 0.5) is 0 Å². The number of sulfone groups is 1. The topological polar surface area (TPSA) is 66.5 Å². The molecule has 1 heterocycles. The number of fused-ring (bicyclic) bond motifs is 1. The van der Waals surface area contributed by atoms with Gasteiger partial charge in [0.05, 0.1) is 10.6 Å². The molecule has 4 rings (SSSR count). The lowest BCUT2D eigenvalue weighted by Crippen LogP contribution is -2.51. The van der Waals surface area contributed by atoms with Crippen molar-refractivity contribution in [3.63, 3.8) is 0 Å². The first kappa shape index (κ1) is 20.9. The molecular formula is C23H34N2O3S. The van der Waals surface area contributed by atoms with Gasteiger partial charge in [-0.3, -0.25) is 9.69 Å². The molecule has 0 spiro atoms. The number of hydrogen-bond acceptors (Lipinski definition) is 4. The molecule has 1 aromatic carbocycles. The number of nitrogens with zero attached hydrogens (tertiary/aromatic N) is 1. The summed E-state index contributed by atoms with van der Waals surface area (Å²) in [6.45, 7) is 2.04. The Labute approximate surface area is 175 Å². The molecule has 5 nitrogen and oxygen atoms in total. The molecule has 3 aliphatic rings. The van der Waals surface area contributed by atoms with Gasteiger partial charge in [-0.2, -0.15) is 0 Å². The summed E-state index contributed by atoms with van der Waals surface area (Å²) in [5.74, 6) is -0.248. The molecule has 1 aromatic rings. The van der Waals surface area contributed by atoms with Crippen molar-refractivity contribution >= 4 is 15.7 Å². The van der Waals surface area contributed by atoms with Crippen molar-refractivity contribution in [2.75, 3.05) is 18.8 Å². The third-order valence-electron chi connectivity index (χ3n) is 6.94. The predicted octanol–water partition coefficient (Wildman–Crippen LogP) is 3.25. The van der Waals surface area contributed by atoms with Crippen LogP contribution in [0.5, 0.6) is 0 Å². The fraction of sp³-hybridized carbons (Fsp3) is 0.696. The van der Waals surface area contributed by atoms with Crippen LogP contribution in [0.1, 0.15) is 68.9 Å². The summed E-state index contributed by atoms with van der Waals surface area (Å²) in [5, 5.41) is 3.11. The Balaban J connectivity index is 1.28. The first-order valence-corrected chi connectivity index (χ1v) is 13.0. The monoisotopic (exact) mass is 418 g/mol. The van der Waals surface area contributed by atoms with Crippen LogP contribution < -0.4 is 5.32 Å². The molecule has 6 heteroatoms. The lowest BCUT2D eigenvalue weighted by atomic mass is 9.92.